The highest BCUT2D eigenvalue weighted by Gasteiger charge is 2.36. The summed E-state index contributed by atoms with van der Waals surface area (Å²) in [7, 11) is -3.62. The Morgan fingerprint density at radius 2 is 1.75 bits per heavy atom. The first kappa shape index (κ1) is 13.1. The fraction of sp³-hybridized carbons (Fsp3) is 0.133. The zero-order valence-electron chi connectivity index (χ0n) is 11.2. The third kappa shape index (κ3) is 1.98. The normalized spacial score (nSPS) is 14.3. The highest BCUT2D eigenvalue weighted by atomic mass is 31.2. The van der Waals surface area contributed by atoms with Gasteiger partial charge in [0.1, 0.15) is 0 Å². The van der Waals surface area contributed by atoms with Crippen molar-refractivity contribution in [2.75, 3.05) is 0 Å². The van der Waals surface area contributed by atoms with Gasteiger partial charge in [-0.2, -0.15) is 0 Å². The van der Waals surface area contributed by atoms with Gasteiger partial charge in [0.15, 0.2) is 11.0 Å². The fourth-order valence-electron chi connectivity index (χ4n) is 2.43. The van der Waals surface area contributed by atoms with E-state index in [1.165, 1.54) is 0 Å². The number of hydrogen-bond acceptors (Lipinski definition) is 1. The van der Waals surface area contributed by atoms with Crippen molar-refractivity contribution in [2.24, 2.45) is 0 Å². The van der Waals surface area contributed by atoms with Gasteiger partial charge in [0, 0.05) is 5.30 Å². The van der Waals surface area contributed by atoms with Crippen molar-refractivity contribution in [3.63, 3.8) is 0 Å². The molecule has 20 heavy (non-hydrogen) atoms. The molecule has 0 amide bonds. The topological polar surface area (TPSA) is 57.0 Å². The van der Waals surface area contributed by atoms with Gasteiger partial charge in [-0.15, -0.1) is 0 Å². The van der Waals surface area contributed by atoms with Gasteiger partial charge in [0.25, 0.3) is 0 Å². The van der Waals surface area contributed by atoms with Gasteiger partial charge in [-0.25, -0.2) is 9.55 Å². The quantitative estimate of drug-likeness (QED) is 0.569. The van der Waals surface area contributed by atoms with Gasteiger partial charge in [-0.05, 0) is 31.2 Å². The minimum absolute atomic E-state index is 0.368. The predicted octanol–water partition coefficient (Wildman–Crippen LogP) is 1.70. The Labute approximate surface area is 117 Å². The molecule has 4 nitrogen and oxygen atoms in total. The summed E-state index contributed by atoms with van der Waals surface area (Å²) in [5.41, 5.74) is 2.18. The molecule has 1 unspecified atom stereocenters. The van der Waals surface area contributed by atoms with E-state index in [4.69, 9.17) is 0 Å². The average Bonchev–Trinajstić information content (AvgIpc) is 2.87. The van der Waals surface area contributed by atoms with Crippen LogP contribution in [0.4, 0.5) is 0 Å². The summed E-state index contributed by atoms with van der Waals surface area (Å²) in [4.78, 5) is 13.7. The molecule has 1 aromatic heterocycles. The van der Waals surface area contributed by atoms with E-state index < -0.39 is 7.37 Å². The summed E-state index contributed by atoms with van der Waals surface area (Å²) >= 11 is 0. The maximum atomic E-state index is 12.9. The number of rotatable bonds is 3. The molecule has 0 aliphatic rings. The van der Waals surface area contributed by atoms with E-state index in [1.807, 2.05) is 41.8 Å². The number of aryl methyl sites for hydroxylation is 1. The SMILES string of the molecule is CC[n+]1c(P(=O)(O)c2ccccc2)[nH]c2ccccc21. The van der Waals surface area contributed by atoms with Gasteiger partial charge in [0.2, 0.25) is 0 Å². The van der Waals surface area contributed by atoms with Gasteiger partial charge in [0.05, 0.1) is 6.54 Å². The van der Waals surface area contributed by atoms with E-state index in [0.29, 0.717) is 17.4 Å². The maximum Gasteiger partial charge on any atom is 0.345 e. The standard InChI is InChI=1S/C15H15N2O2P/c1-2-17-14-11-7-6-10-13(14)16-15(17)20(18,19)12-8-4-3-5-9-12/h3-11H,2H2,1H3,(H,18,19)/p+1. The summed E-state index contributed by atoms with van der Waals surface area (Å²) in [5.74, 6) is 0. The van der Waals surface area contributed by atoms with Crippen LogP contribution in [-0.2, 0) is 11.1 Å². The number of benzene rings is 2. The molecule has 2 aromatic carbocycles. The first-order chi connectivity index (χ1) is 9.64. The Morgan fingerprint density at radius 3 is 2.45 bits per heavy atom. The molecule has 1 atom stereocenters. The molecule has 1 heterocycles. The van der Waals surface area contributed by atoms with E-state index in [2.05, 4.69) is 4.98 Å². The second kappa shape index (κ2) is 4.89. The smallest absolute Gasteiger partial charge is 0.333 e. The summed E-state index contributed by atoms with van der Waals surface area (Å²) in [6, 6.07) is 16.5. The molecule has 3 rings (SSSR count). The summed E-state index contributed by atoms with van der Waals surface area (Å²) in [5, 5.41) is 0.439. The van der Waals surface area contributed by atoms with E-state index in [1.54, 1.807) is 24.3 Å². The second-order valence-electron chi connectivity index (χ2n) is 4.62. The van der Waals surface area contributed by atoms with Crippen LogP contribution in [0.25, 0.3) is 11.0 Å². The summed E-state index contributed by atoms with van der Waals surface area (Å²) < 4.78 is 14.7. The highest BCUT2D eigenvalue weighted by molar-refractivity contribution is 7.72. The molecule has 0 aliphatic heterocycles. The molecular formula is C15H16N2O2P+. The number of nitrogens with one attached hydrogen (secondary N) is 1. The summed E-state index contributed by atoms with van der Waals surface area (Å²) in [6.07, 6.45) is 0. The Kier molecular flexibility index (Phi) is 3.20. The lowest BCUT2D eigenvalue weighted by Gasteiger charge is -2.07. The van der Waals surface area contributed by atoms with E-state index in [-0.39, 0.29) is 0 Å². The molecular weight excluding hydrogens is 271 g/mol. The first-order valence-electron chi connectivity index (χ1n) is 6.54. The molecule has 0 spiro atoms. The Balaban J connectivity index is 2.26. The minimum atomic E-state index is -3.62. The molecule has 0 fully saturated rings. The van der Waals surface area contributed by atoms with Gasteiger partial charge >= 0.3 is 12.9 Å². The zero-order valence-corrected chi connectivity index (χ0v) is 12.0. The monoisotopic (exact) mass is 287 g/mol. The van der Waals surface area contributed by atoms with E-state index in [9.17, 15) is 9.46 Å². The third-order valence-corrected chi connectivity index (χ3v) is 5.33. The van der Waals surface area contributed by atoms with Crippen LogP contribution in [0.1, 0.15) is 6.92 Å². The van der Waals surface area contributed by atoms with E-state index >= 15 is 0 Å². The number of nitrogens with zero attached hydrogens (tertiary/aromatic N) is 1. The van der Waals surface area contributed by atoms with Gasteiger partial charge < -0.3 is 4.89 Å². The highest BCUT2D eigenvalue weighted by Crippen LogP contribution is 2.36. The van der Waals surface area contributed by atoms with Crippen LogP contribution >= 0.6 is 7.37 Å². The van der Waals surface area contributed by atoms with Crippen molar-refractivity contribution in [3.8, 4) is 0 Å². The molecule has 102 valence electrons. The molecule has 0 bridgehead atoms. The largest absolute Gasteiger partial charge is 0.345 e. The van der Waals surface area contributed by atoms with Crippen molar-refractivity contribution in [1.82, 2.24) is 4.98 Å². The molecule has 3 aromatic rings. The average molecular weight is 287 g/mol. The third-order valence-electron chi connectivity index (χ3n) is 3.41. The number of H-pyrrole nitrogens is 1. The van der Waals surface area contributed by atoms with Crippen LogP contribution in [0.5, 0.6) is 0 Å². The van der Waals surface area contributed by atoms with Crippen molar-refractivity contribution in [1.29, 1.82) is 0 Å². The number of imidazole rings is 1. The number of para-hydroxylation sites is 2. The van der Waals surface area contributed by atoms with Crippen LogP contribution in [0, 0.1) is 0 Å². The van der Waals surface area contributed by atoms with Crippen LogP contribution in [-0.4, -0.2) is 9.88 Å². The van der Waals surface area contributed by atoms with E-state index in [0.717, 1.165) is 11.0 Å². The lowest BCUT2D eigenvalue weighted by Crippen LogP contribution is -2.48. The zero-order chi connectivity index (χ0) is 14.2. The van der Waals surface area contributed by atoms with Crippen LogP contribution in [0.3, 0.4) is 0 Å². The number of aromatic amines is 1. The van der Waals surface area contributed by atoms with Crippen molar-refractivity contribution in [2.45, 2.75) is 13.5 Å². The number of hydrogen-bond donors (Lipinski definition) is 2. The van der Waals surface area contributed by atoms with Crippen LogP contribution in [0.15, 0.2) is 54.6 Å². The molecule has 2 N–H and O–H groups in total. The molecule has 0 saturated carbocycles. The second-order valence-corrected chi connectivity index (χ2v) is 6.71. The van der Waals surface area contributed by atoms with Crippen LogP contribution in [0.2, 0.25) is 0 Å². The van der Waals surface area contributed by atoms with Crippen LogP contribution < -0.4 is 15.4 Å². The maximum absolute atomic E-state index is 12.9. The first-order valence-corrected chi connectivity index (χ1v) is 8.20. The Bertz CT molecular complexity index is 796. The Hall–Kier alpha value is -1.90. The molecule has 5 heteroatoms. The van der Waals surface area contributed by atoms with Crippen molar-refractivity contribution < 1.29 is 14.0 Å². The lowest BCUT2D eigenvalue weighted by atomic mass is 10.3. The molecule has 0 radical (unpaired) electrons. The summed E-state index contributed by atoms with van der Waals surface area (Å²) in [6.45, 7) is 2.60. The fourth-order valence-corrected chi connectivity index (χ4v) is 4.10. The molecule has 0 saturated heterocycles. The van der Waals surface area contributed by atoms with Gasteiger partial charge in [-0.1, -0.05) is 30.3 Å². The van der Waals surface area contributed by atoms with Crippen molar-refractivity contribution >= 4 is 29.3 Å². The van der Waals surface area contributed by atoms with Gasteiger partial charge in [-0.3, -0.25) is 4.57 Å². The number of fused-ring (bicyclic) bond motifs is 1. The minimum Gasteiger partial charge on any atom is -0.333 e. The predicted molar refractivity (Wildman–Crippen MR) is 79.7 cm³/mol. The lowest BCUT2D eigenvalue weighted by molar-refractivity contribution is -0.649. The molecule has 0 aliphatic carbocycles. The Morgan fingerprint density at radius 1 is 1.10 bits per heavy atom. The number of aromatic nitrogens is 2. The van der Waals surface area contributed by atoms with Crippen molar-refractivity contribution in [3.05, 3.63) is 54.6 Å².